The molecule has 120 valence electrons. The zero-order chi connectivity index (χ0) is 16.4. The normalized spacial score (nSPS) is 19.8. The summed E-state index contributed by atoms with van der Waals surface area (Å²) in [6.07, 6.45) is 5.62. The SMILES string of the molecule is C[C@H]1OC(c2ccc(-c3ccccc3)cc2)=N[C@H]1Cn1ccnc1. The molecule has 4 nitrogen and oxygen atoms in total. The van der Waals surface area contributed by atoms with Crippen molar-refractivity contribution in [2.45, 2.75) is 25.6 Å². The number of ether oxygens (including phenoxy) is 1. The number of hydrogen-bond donors (Lipinski definition) is 0. The van der Waals surface area contributed by atoms with Crippen molar-refractivity contribution in [3.63, 3.8) is 0 Å². The highest BCUT2D eigenvalue weighted by atomic mass is 16.5. The molecule has 0 saturated carbocycles. The Kier molecular flexibility index (Phi) is 3.87. The molecule has 1 aromatic heterocycles. The van der Waals surface area contributed by atoms with Gasteiger partial charge in [-0.05, 0) is 30.2 Å². The first kappa shape index (κ1) is 14.7. The summed E-state index contributed by atoms with van der Waals surface area (Å²) < 4.78 is 8.01. The molecule has 0 aliphatic carbocycles. The van der Waals surface area contributed by atoms with Crippen LogP contribution < -0.4 is 0 Å². The molecular formula is C20H19N3O. The smallest absolute Gasteiger partial charge is 0.216 e. The number of rotatable bonds is 4. The molecule has 0 saturated heterocycles. The molecule has 24 heavy (non-hydrogen) atoms. The first-order chi connectivity index (χ1) is 11.8. The number of nitrogens with zero attached hydrogens (tertiary/aromatic N) is 3. The van der Waals surface area contributed by atoms with Crippen molar-refractivity contribution >= 4 is 5.90 Å². The Bertz CT molecular complexity index is 823. The second-order valence-corrected chi connectivity index (χ2v) is 6.03. The van der Waals surface area contributed by atoms with Gasteiger partial charge >= 0.3 is 0 Å². The number of aromatic nitrogens is 2. The Morgan fingerprint density at radius 2 is 1.67 bits per heavy atom. The maximum atomic E-state index is 5.97. The van der Waals surface area contributed by atoms with E-state index in [2.05, 4.69) is 60.4 Å². The minimum Gasteiger partial charge on any atom is -0.472 e. The van der Waals surface area contributed by atoms with Crippen molar-refractivity contribution in [2.24, 2.45) is 4.99 Å². The number of hydrogen-bond acceptors (Lipinski definition) is 3. The minimum atomic E-state index is 0.0659. The van der Waals surface area contributed by atoms with E-state index in [-0.39, 0.29) is 12.1 Å². The highest BCUT2D eigenvalue weighted by Gasteiger charge is 2.28. The van der Waals surface area contributed by atoms with Crippen LogP contribution in [0.1, 0.15) is 12.5 Å². The van der Waals surface area contributed by atoms with Crippen LogP contribution in [-0.2, 0) is 11.3 Å². The van der Waals surface area contributed by atoms with Crippen LogP contribution in [0.25, 0.3) is 11.1 Å². The topological polar surface area (TPSA) is 39.4 Å². The summed E-state index contributed by atoms with van der Waals surface area (Å²) in [6, 6.07) is 18.9. The lowest BCUT2D eigenvalue weighted by atomic mass is 10.0. The van der Waals surface area contributed by atoms with Crippen LogP contribution in [0.4, 0.5) is 0 Å². The Morgan fingerprint density at radius 1 is 0.958 bits per heavy atom. The summed E-state index contributed by atoms with van der Waals surface area (Å²) in [6.45, 7) is 2.85. The Labute approximate surface area is 141 Å². The lowest BCUT2D eigenvalue weighted by Gasteiger charge is -2.12. The van der Waals surface area contributed by atoms with E-state index < -0.39 is 0 Å². The van der Waals surface area contributed by atoms with Gasteiger partial charge in [0.15, 0.2) is 0 Å². The zero-order valence-corrected chi connectivity index (χ0v) is 13.5. The first-order valence-electron chi connectivity index (χ1n) is 8.15. The molecule has 0 radical (unpaired) electrons. The molecular weight excluding hydrogens is 298 g/mol. The van der Waals surface area contributed by atoms with Crippen LogP contribution in [0.2, 0.25) is 0 Å². The van der Waals surface area contributed by atoms with Gasteiger partial charge in [-0.3, -0.25) is 0 Å². The first-order valence-corrected chi connectivity index (χ1v) is 8.15. The predicted octanol–water partition coefficient (Wildman–Crippen LogP) is 3.78. The standard InChI is InChI=1S/C20H19N3O/c1-15-19(13-23-12-11-21-14-23)22-20(24-15)18-9-7-17(8-10-18)16-5-3-2-4-6-16/h2-12,14-15,19H,13H2,1H3/t15-,19+/m1/s1. The van der Waals surface area contributed by atoms with Gasteiger partial charge in [0.05, 0.1) is 6.33 Å². The third kappa shape index (κ3) is 2.95. The molecule has 2 atom stereocenters. The van der Waals surface area contributed by atoms with Crippen LogP contribution in [-0.4, -0.2) is 27.6 Å². The second-order valence-electron chi connectivity index (χ2n) is 6.03. The van der Waals surface area contributed by atoms with Gasteiger partial charge in [0.25, 0.3) is 0 Å². The number of imidazole rings is 1. The van der Waals surface area contributed by atoms with Crippen molar-refractivity contribution in [1.82, 2.24) is 9.55 Å². The number of aliphatic imine (C=N–C) groups is 1. The fraction of sp³-hybridized carbons (Fsp3) is 0.200. The maximum absolute atomic E-state index is 5.97. The monoisotopic (exact) mass is 317 g/mol. The van der Waals surface area contributed by atoms with Crippen molar-refractivity contribution in [2.75, 3.05) is 0 Å². The molecule has 2 aromatic carbocycles. The van der Waals surface area contributed by atoms with E-state index in [4.69, 9.17) is 9.73 Å². The summed E-state index contributed by atoms with van der Waals surface area (Å²) >= 11 is 0. The van der Waals surface area contributed by atoms with Crippen LogP contribution in [0.5, 0.6) is 0 Å². The summed E-state index contributed by atoms with van der Waals surface area (Å²) in [5, 5.41) is 0. The summed E-state index contributed by atoms with van der Waals surface area (Å²) in [5.74, 6) is 0.729. The molecule has 3 aromatic rings. The highest BCUT2D eigenvalue weighted by molar-refractivity contribution is 5.95. The summed E-state index contributed by atoms with van der Waals surface area (Å²) in [4.78, 5) is 8.84. The second kappa shape index (κ2) is 6.32. The Balaban J connectivity index is 1.53. The summed E-state index contributed by atoms with van der Waals surface area (Å²) in [7, 11) is 0. The van der Waals surface area contributed by atoms with E-state index in [1.807, 2.05) is 23.2 Å². The highest BCUT2D eigenvalue weighted by Crippen LogP contribution is 2.23. The van der Waals surface area contributed by atoms with E-state index in [0.717, 1.165) is 18.0 Å². The largest absolute Gasteiger partial charge is 0.472 e. The quantitative estimate of drug-likeness (QED) is 0.734. The molecule has 1 aliphatic heterocycles. The molecule has 0 spiro atoms. The summed E-state index contributed by atoms with van der Waals surface area (Å²) in [5.41, 5.74) is 3.43. The van der Waals surface area contributed by atoms with Gasteiger partial charge in [-0.15, -0.1) is 0 Å². The molecule has 0 fully saturated rings. The Morgan fingerprint density at radius 3 is 2.38 bits per heavy atom. The van der Waals surface area contributed by atoms with Gasteiger partial charge in [-0.2, -0.15) is 0 Å². The minimum absolute atomic E-state index is 0.0659. The average Bonchev–Trinajstić information content (AvgIpc) is 3.27. The third-order valence-electron chi connectivity index (χ3n) is 4.32. The average molecular weight is 317 g/mol. The Hall–Kier alpha value is -2.88. The van der Waals surface area contributed by atoms with E-state index in [1.165, 1.54) is 11.1 Å². The third-order valence-corrected chi connectivity index (χ3v) is 4.32. The van der Waals surface area contributed by atoms with Gasteiger partial charge in [0.2, 0.25) is 5.90 Å². The zero-order valence-electron chi connectivity index (χ0n) is 13.5. The fourth-order valence-electron chi connectivity index (χ4n) is 2.92. The van der Waals surface area contributed by atoms with Gasteiger partial charge in [0, 0.05) is 24.5 Å². The maximum Gasteiger partial charge on any atom is 0.216 e. The molecule has 0 amide bonds. The van der Waals surface area contributed by atoms with Crippen molar-refractivity contribution in [3.05, 3.63) is 78.9 Å². The predicted molar refractivity (Wildman–Crippen MR) is 95.0 cm³/mol. The van der Waals surface area contributed by atoms with E-state index >= 15 is 0 Å². The lowest BCUT2D eigenvalue weighted by molar-refractivity contribution is 0.204. The molecule has 4 heteroatoms. The molecule has 2 heterocycles. The van der Waals surface area contributed by atoms with Crippen molar-refractivity contribution in [1.29, 1.82) is 0 Å². The molecule has 4 rings (SSSR count). The van der Waals surface area contributed by atoms with Gasteiger partial charge in [-0.25, -0.2) is 9.98 Å². The lowest BCUT2D eigenvalue weighted by Crippen LogP contribution is -2.23. The van der Waals surface area contributed by atoms with Crippen molar-refractivity contribution < 1.29 is 4.74 Å². The van der Waals surface area contributed by atoms with Crippen LogP contribution in [0.15, 0.2) is 78.3 Å². The van der Waals surface area contributed by atoms with Gasteiger partial charge in [-0.1, -0.05) is 42.5 Å². The van der Waals surface area contributed by atoms with Crippen LogP contribution >= 0.6 is 0 Å². The van der Waals surface area contributed by atoms with Gasteiger partial charge < -0.3 is 9.30 Å². The fourth-order valence-corrected chi connectivity index (χ4v) is 2.92. The molecule has 0 unspecified atom stereocenters. The number of benzene rings is 2. The molecule has 0 N–H and O–H groups in total. The van der Waals surface area contributed by atoms with Crippen LogP contribution in [0, 0.1) is 0 Å². The van der Waals surface area contributed by atoms with Crippen LogP contribution in [0.3, 0.4) is 0 Å². The van der Waals surface area contributed by atoms with E-state index in [1.54, 1.807) is 6.20 Å². The van der Waals surface area contributed by atoms with E-state index in [0.29, 0.717) is 0 Å². The van der Waals surface area contributed by atoms with Crippen molar-refractivity contribution in [3.8, 4) is 11.1 Å². The molecule has 1 aliphatic rings. The van der Waals surface area contributed by atoms with Gasteiger partial charge in [0.1, 0.15) is 12.1 Å². The molecule has 0 bridgehead atoms. The van der Waals surface area contributed by atoms with E-state index in [9.17, 15) is 0 Å².